The van der Waals surface area contributed by atoms with Crippen LogP contribution >= 0.6 is 11.6 Å². The third-order valence-corrected chi connectivity index (χ3v) is 4.30. The molecule has 0 saturated heterocycles. The van der Waals surface area contributed by atoms with E-state index in [4.69, 9.17) is 16.3 Å². The number of ether oxygens (including phenoxy) is 1. The predicted molar refractivity (Wildman–Crippen MR) is 88.3 cm³/mol. The molecule has 2 aromatic carbocycles. The molecule has 1 aliphatic rings. The lowest BCUT2D eigenvalue weighted by molar-refractivity contribution is 0.414. The van der Waals surface area contributed by atoms with Gasteiger partial charge in [-0.3, -0.25) is 0 Å². The van der Waals surface area contributed by atoms with Gasteiger partial charge in [0, 0.05) is 10.7 Å². The second-order valence-corrected chi connectivity index (χ2v) is 6.13. The van der Waals surface area contributed by atoms with E-state index in [1.54, 1.807) is 7.11 Å². The molecule has 3 heteroatoms. The second kappa shape index (κ2) is 5.98. The van der Waals surface area contributed by atoms with Crippen molar-refractivity contribution in [2.45, 2.75) is 25.8 Å². The Balaban J connectivity index is 1.84. The summed E-state index contributed by atoms with van der Waals surface area (Å²) in [4.78, 5) is 0. The van der Waals surface area contributed by atoms with Crippen LogP contribution in [0.4, 0.5) is 5.69 Å². The highest BCUT2D eigenvalue weighted by Gasteiger charge is 2.32. The first-order valence-electron chi connectivity index (χ1n) is 7.34. The molecule has 0 heterocycles. The maximum Gasteiger partial charge on any atom is 0.118 e. The average molecular weight is 302 g/mol. The van der Waals surface area contributed by atoms with Crippen LogP contribution in [0, 0.1) is 12.8 Å². The molecule has 0 aliphatic heterocycles. The first kappa shape index (κ1) is 14.3. The lowest BCUT2D eigenvalue weighted by Crippen LogP contribution is -2.13. The number of hydrogen-bond donors (Lipinski definition) is 1. The Morgan fingerprint density at radius 2 is 1.86 bits per heavy atom. The van der Waals surface area contributed by atoms with Crippen LogP contribution in [0.25, 0.3) is 0 Å². The van der Waals surface area contributed by atoms with Gasteiger partial charge in [-0.15, -0.1) is 0 Å². The molecule has 1 aliphatic carbocycles. The molecular weight excluding hydrogens is 282 g/mol. The Labute approximate surface area is 131 Å². The minimum absolute atomic E-state index is 0.357. The fraction of sp³-hybridized carbons (Fsp3) is 0.333. The molecule has 0 amide bonds. The molecule has 3 rings (SSSR count). The molecule has 1 saturated carbocycles. The lowest BCUT2D eigenvalue weighted by Gasteiger charge is -2.22. The van der Waals surface area contributed by atoms with E-state index in [9.17, 15) is 0 Å². The van der Waals surface area contributed by atoms with E-state index in [2.05, 4.69) is 30.4 Å². The van der Waals surface area contributed by atoms with E-state index in [1.165, 1.54) is 24.0 Å². The Morgan fingerprint density at radius 1 is 1.14 bits per heavy atom. The number of benzene rings is 2. The molecule has 0 aromatic heterocycles. The van der Waals surface area contributed by atoms with Crippen LogP contribution in [0.5, 0.6) is 5.75 Å². The van der Waals surface area contributed by atoms with E-state index in [1.807, 2.05) is 24.3 Å². The molecule has 0 radical (unpaired) electrons. The second-order valence-electron chi connectivity index (χ2n) is 5.69. The molecule has 2 nitrogen and oxygen atoms in total. The van der Waals surface area contributed by atoms with Gasteiger partial charge in [0.1, 0.15) is 5.75 Å². The average Bonchev–Trinajstić information content (AvgIpc) is 3.31. The van der Waals surface area contributed by atoms with Crippen LogP contribution in [0.15, 0.2) is 42.5 Å². The Kier molecular flexibility index (Phi) is 4.07. The molecule has 0 spiro atoms. The zero-order valence-electron chi connectivity index (χ0n) is 12.4. The summed E-state index contributed by atoms with van der Waals surface area (Å²) in [7, 11) is 1.70. The normalized spacial score (nSPS) is 15.6. The SMILES string of the molecule is COc1ccc(C(Nc2ccc(Cl)cc2C)C2CC2)cc1. The summed E-state index contributed by atoms with van der Waals surface area (Å²) in [5.41, 5.74) is 3.65. The zero-order valence-corrected chi connectivity index (χ0v) is 13.2. The van der Waals surface area contributed by atoms with Crippen molar-refractivity contribution in [1.29, 1.82) is 0 Å². The summed E-state index contributed by atoms with van der Waals surface area (Å²) in [6.45, 7) is 2.09. The zero-order chi connectivity index (χ0) is 14.8. The number of rotatable bonds is 5. The summed E-state index contributed by atoms with van der Waals surface area (Å²) >= 11 is 6.04. The summed E-state index contributed by atoms with van der Waals surface area (Å²) in [6.07, 6.45) is 2.58. The van der Waals surface area contributed by atoms with Crippen molar-refractivity contribution in [2.24, 2.45) is 5.92 Å². The quantitative estimate of drug-likeness (QED) is 0.817. The van der Waals surface area contributed by atoms with Crippen molar-refractivity contribution in [3.8, 4) is 5.75 Å². The van der Waals surface area contributed by atoms with Crippen molar-refractivity contribution in [1.82, 2.24) is 0 Å². The molecule has 1 fully saturated rings. The van der Waals surface area contributed by atoms with E-state index >= 15 is 0 Å². The van der Waals surface area contributed by atoms with Gasteiger partial charge in [-0.05, 0) is 67.1 Å². The van der Waals surface area contributed by atoms with Crippen LogP contribution < -0.4 is 10.1 Å². The Hall–Kier alpha value is -1.67. The summed E-state index contributed by atoms with van der Waals surface area (Å²) in [5, 5.41) is 4.47. The Bertz CT molecular complexity index is 620. The van der Waals surface area contributed by atoms with Crippen LogP contribution in [0.1, 0.15) is 30.0 Å². The fourth-order valence-electron chi connectivity index (χ4n) is 2.67. The molecule has 2 aromatic rings. The number of nitrogens with one attached hydrogen (secondary N) is 1. The smallest absolute Gasteiger partial charge is 0.118 e. The topological polar surface area (TPSA) is 21.3 Å². The third kappa shape index (κ3) is 3.33. The van der Waals surface area contributed by atoms with Crippen LogP contribution in [-0.4, -0.2) is 7.11 Å². The first-order valence-corrected chi connectivity index (χ1v) is 7.72. The van der Waals surface area contributed by atoms with E-state index in [0.29, 0.717) is 12.0 Å². The standard InChI is InChI=1S/C18H20ClNO/c1-12-11-15(19)7-10-17(12)20-18(13-3-4-13)14-5-8-16(21-2)9-6-14/h5-11,13,18,20H,3-4H2,1-2H3. The number of methoxy groups -OCH3 is 1. The number of hydrogen-bond acceptors (Lipinski definition) is 2. The van der Waals surface area contributed by atoms with Crippen molar-refractivity contribution in [2.75, 3.05) is 12.4 Å². The van der Waals surface area contributed by atoms with Crippen molar-refractivity contribution >= 4 is 17.3 Å². The van der Waals surface area contributed by atoms with Gasteiger partial charge >= 0.3 is 0 Å². The van der Waals surface area contributed by atoms with Gasteiger partial charge in [0.05, 0.1) is 13.2 Å². The molecule has 21 heavy (non-hydrogen) atoms. The lowest BCUT2D eigenvalue weighted by atomic mass is 10.0. The van der Waals surface area contributed by atoms with Crippen molar-refractivity contribution < 1.29 is 4.74 Å². The van der Waals surface area contributed by atoms with E-state index in [0.717, 1.165) is 16.5 Å². The number of aryl methyl sites for hydroxylation is 1. The Morgan fingerprint density at radius 3 is 2.43 bits per heavy atom. The highest BCUT2D eigenvalue weighted by Crippen LogP contribution is 2.43. The molecule has 0 bridgehead atoms. The number of anilines is 1. The van der Waals surface area contributed by atoms with Crippen LogP contribution in [0.3, 0.4) is 0 Å². The van der Waals surface area contributed by atoms with Gasteiger partial charge in [0.15, 0.2) is 0 Å². The minimum atomic E-state index is 0.357. The van der Waals surface area contributed by atoms with Gasteiger partial charge in [0.2, 0.25) is 0 Å². The van der Waals surface area contributed by atoms with Gasteiger partial charge in [0.25, 0.3) is 0 Å². The van der Waals surface area contributed by atoms with E-state index < -0.39 is 0 Å². The number of halogens is 1. The van der Waals surface area contributed by atoms with Gasteiger partial charge in [-0.1, -0.05) is 23.7 Å². The first-order chi connectivity index (χ1) is 10.2. The van der Waals surface area contributed by atoms with Gasteiger partial charge in [-0.2, -0.15) is 0 Å². The van der Waals surface area contributed by atoms with Gasteiger partial charge < -0.3 is 10.1 Å². The minimum Gasteiger partial charge on any atom is -0.497 e. The van der Waals surface area contributed by atoms with E-state index in [-0.39, 0.29) is 0 Å². The van der Waals surface area contributed by atoms with Crippen LogP contribution in [-0.2, 0) is 0 Å². The van der Waals surface area contributed by atoms with Crippen LogP contribution in [0.2, 0.25) is 5.02 Å². The summed E-state index contributed by atoms with van der Waals surface area (Å²) in [5.74, 6) is 1.62. The highest BCUT2D eigenvalue weighted by molar-refractivity contribution is 6.30. The van der Waals surface area contributed by atoms with Gasteiger partial charge in [-0.25, -0.2) is 0 Å². The molecule has 110 valence electrons. The molecular formula is C18H20ClNO. The van der Waals surface area contributed by atoms with Crippen molar-refractivity contribution in [3.05, 3.63) is 58.6 Å². The predicted octanol–water partition coefficient (Wildman–Crippen LogP) is 5.22. The third-order valence-electron chi connectivity index (χ3n) is 4.07. The summed E-state index contributed by atoms with van der Waals surface area (Å²) < 4.78 is 5.24. The summed E-state index contributed by atoms with van der Waals surface area (Å²) in [6, 6.07) is 14.7. The highest BCUT2D eigenvalue weighted by atomic mass is 35.5. The molecule has 1 unspecified atom stereocenters. The van der Waals surface area contributed by atoms with Crippen molar-refractivity contribution in [3.63, 3.8) is 0 Å². The monoisotopic (exact) mass is 301 g/mol. The molecule has 1 atom stereocenters. The maximum absolute atomic E-state index is 6.04. The fourth-order valence-corrected chi connectivity index (χ4v) is 2.90. The maximum atomic E-state index is 6.04. The molecule has 1 N–H and O–H groups in total. The largest absolute Gasteiger partial charge is 0.497 e.